The molecule has 1 amide bonds. The quantitative estimate of drug-likeness (QED) is 0.881. The molecule has 1 aliphatic rings. The number of carbonyl (C=O) groups is 1. The number of carbonyl (C=O) groups excluding carboxylic acids is 1. The Morgan fingerprint density at radius 1 is 1.30 bits per heavy atom. The molecule has 0 aromatic heterocycles. The molecule has 1 aromatic rings. The molecule has 0 spiro atoms. The average Bonchev–Trinajstić information content (AvgIpc) is 2.51. The number of amides is 1. The molecule has 128 valence electrons. The van der Waals surface area contributed by atoms with Crippen molar-refractivity contribution in [1.29, 1.82) is 0 Å². The minimum atomic E-state index is -3.73. The number of likely N-dealkylation sites (tertiary alicyclic amines) is 1. The van der Waals surface area contributed by atoms with Crippen LogP contribution in [0.3, 0.4) is 0 Å². The predicted molar refractivity (Wildman–Crippen MR) is 87.7 cm³/mol. The first-order chi connectivity index (χ1) is 10.8. The Morgan fingerprint density at radius 2 is 1.96 bits per heavy atom. The summed E-state index contributed by atoms with van der Waals surface area (Å²) >= 11 is 0. The van der Waals surface area contributed by atoms with Crippen molar-refractivity contribution in [1.82, 2.24) is 9.62 Å². The van der Waals surface area contributed by atoms with Gasteiger partial charge in [-0.2, -0.15) is 0 Å². The van der Waals surface area contributed by atoms with Crippen LogP contribution in [0.25, 0.3) is 0 Å². The van der Waals surface area contributed by atoms with E-state index >= 15 is 0 Å². The lowest BCUT2D eigenvalue weighted by Crippen LogP contribution is -2.46. The molecule has 0 bridgehead atoms. The molecule has 1 fully saturated rings. The van der Waals surface area contributed by atoms with Crippen LogP contribution in [0.2, 0.25) is 0 Å². The molecule has 0 aliphatic carbocycles. The molecular formula is C16H24N2O4S. The highest BCUT2D eigenvalue weighted by molar-refractivity contribution is 7.89. The number of nitrogens with one attached hydrogen (secondary N) is 1. The second-order valence-corrected chi connectivity index (χ2v) is 8.02. The highest BCUT2D eigenvalue weighted by atomic mass is 32.2. The molecule has 7 heteroatoms. The molecule has 1 heterocycles. The number of rotatable bonds is 5. The number of hydrogen-bond acceptors (Lipinski definition) is 4. The van der Waals surface area contributed by atoms with E-state index in [9.17, 15) is 13.2 Å². The van der Waals surface area contributed by atoms with Crippen molar-refractivity contribution in [2.24, 2.45) is 11.8 Å². The van der Waals surface area contributed by atoms with E-state index in [2.05, 4.69) is 18.6 Å². The summed E-state index contributed by atoms with van der Waals surface area (Å²) in [6.07, 6.45) is 1.10. The molecule has 2 atom stereocenters. The zero-order valence-corrected chi connectivity index (χ0v) is 14.6. The maximum atomic E-state index is 12.3. The van der Waals surface area contributed by atoms with E-state index in [1.807, 2.05) is 0 Å². The number of sulfonamides is 1. The summed E-state index contributed by atoms with van der Waals surface area (Å²) < 4.78 is 32.0. The van der Waals surface area contributed by atoms with Crippen molar-refractivity contribution in [3.63, 3.8) is 0 Å². The van der Waals surface area contributed by atoms with E-state index in [1.54, 1.807) is 17.0 Å². The fourth-order valence-corrected chi connectivity index (χ4v) is 4.00. The van der Waals surface area contributed by atoms with E-state index in [-0.39, 0.29) is 17.3 Å². The monoisotopic (exact) mass is 340 g/mol. The fraction of sp³-hybridized carbons (Fsp3) is 0.562. The van der Waals surface area contributed by atoms with Crippen molar-refractivity contribution < 1.29 is 17.9 Å². The third-order valence-corrected chi connectivity index (χ3v) is 5.39. The summed E-state index contributed by atoms with van der Waals surface area (Å²) in [7, 11) is -2.26. The molecule has 6 nitrogen and oxygen atoms in total. The van der Waals surface area contributed by atoms with Gasteiger partial charge in [0.05, 0.1) is 18.6 Å². The first-order valence-corrected chi connectivity index (χ1v) is 9.21. The average molecular weight is 340 g/mol. The lowest BCUT2D eigenvalue weighted by Gasteiger charge is -2.35. The number of benzene rings is 1. The maximum Gasteiger partial charge on any atom is 0.241 e. The van der Waals surface area contributed by atoms with Gasteiger partial charge in [0.25, 0.3) is 0 Å². The second-order valence-electron chi connectivity index (χ2n) is 6.25. The van der Waals surface area contributed by atoms with Gasteiger partial charge < -0.3 is 9.64 Å². The van der Waals surface area contributed by atoms with E-state index in [1.165, 1.54) is 19.2 Å². The predicted octanol–water partition coefficient (Wildman–Crippen LogP) is 1.48. The standard InChI is InChI=1S/C16H24N2O4S/c1-12-7-13(2)11-18(10-12)16(19)9-17-23(20,21)15-6-4-5-14(8-15)22-3/h4-6,8,12-13,17H,7,9-11H2,1-3H3/t12-,13-/m0/s1. The highest BCUT2D eigenvalue weighted by Crippen LogP contribution is 2.21. The minimum Gasteiger partial charge on any atom is -0.497 e. The van der Waals surface area contributed by atoms with E-state index in [0.29, 0.717) is 30.7 Å². The lowest BCUT2D eigenvalue weighted by molar-refractivity contribution is -0.132. The fourth-order valence-electron chi connectivity index (χ4n) is 2.99. The summed E-state index contributed by atoms with van der Waals surface area (Å²) in [5.41, 5.74) is 0. The third kappa shape index (κ3) is 4.68. The van der Waals surface area contributed by atoms with Crippen LogP contribution in [0.15, 0.2) is 29.2 Å². The minimum absolute atomic E-state index is 0.0880. The number of piperidine rings is 1. The van der Waals surface area contributed by atoms with Gasteiger partial charge in [-0.1, -0.05) is 19.9 Å². The van der Waals surface area contributed by atoms with Gasteiger partial charge in [0, 0.05) is 19.2 Å². The number of methoxy groups -OCH3 is 1. The van der Waals surface area contributed by atoms with Crippen molar-refractivity contribution in [2.75, 3.05) is 26.7 Å². The summed E-state index contributed by atoms with van der Waals surface area (Å²) in [4.78, 5) is 14.1. The molecule has 23 heavy (non-hydrogen) atoms. The van der Waals surface area contributed by atoms with Gasteiger partial charge in [-0.3, -0.25) is 4.79 Å². The SMILES string of the molecule is COc1cccc(S(=O)(=O)NCC(=O)N2C[C@@H](C)C[C@H](C)C2)c1. The van der Waals surface area contributed by atoms with Gasteiger partial charge in [-0.25, -0.2) is 13.1 Å². The zero-order chi connectivity index (χ0) is 17.0. The van der Waals surface area contributed by atoms with E-state index in [4.69, 9.17) is 4.74 Å². The highest BCUT2D eigenvalue weighted by Gasteiger charge is 2.26. The molecular weight excluding hydrogens is 316 g/mol. The lowest BCUT2D eigenvalue weighted by atomic mass is 9.92. The van der Waals surface area contributed by atoms with Gasteiger partial charge in [-0.15, -0.1) is 0 Å². The summed E-state index contributed by atoms with van der Waals surface area (Å²) in [5, 5.41) is 0. The Morgan fingerprint density at radius 3 is 2.57 bits per heavy atom. The van der Waals surface area contributed by atoms with Gasteiger partial charge in [-0.05, 0) is 30.4 Å². The van der Waals surface area contributed by atoms with Gasteiger partial charge in [0.2, 0.25) is 15.9 Å². The number of hydrogen-bond donors (Lipinski definition) is 1. The van der Waals surface area contributed by atoms with Crippen LogP contribution in [0.5, 0.6) is 5.75 Å². The third-order valence-electron chi connectivity index (χ3n) is 3.99. The zero-order valence-electron chi connectivity index (χ0n) is 13.8. The largest absolute Gasteiger partial charge is 0.497 e. The maximum absolute atomic E-state index is 12.3. The van der Waals surface area contributed by atoms with Crippen molar-refractivity contribution in [3.05, 3.63) is 24.3 Å². The molecule has 1 saturated heterocycles. The Hall–Kier alpha value is -1.60. The van der Waals surface area contributed by atoms with Gasteiger partial charge >= 0.3 is 0 Å². The van der Waals surface area contributed by atoms with Crippen LogP contribution >= 0.6 is 0 Å². The Labute approximate surface area is 137 Å². The number of ether oxygens (including phenoxy) is 1. The first-order valence-electron chi connectivity index (χ1n) is 7.73. The van der Waals surface area contributed by atoms with Gasteiger partial charge in [0.1, 0.15) is 5.75 Å². The Balaban J connectivity index is 1.99. The van der Waals surface area contributed by atoms with Crippen LogP contribution in [-0.2, 0) is 14.8 Å². The summed E-state index contributed by atoms with van der Waals surface area (Å²) in [5.74, 6) is 1.16. The Bertz CT molecular complexity index is 650. The van der Waals surface area contributed by atoms with Crippen LogP contribution in [0.1, 0.15) is 20.3 Å². The molecule has 0 unspecified atom stereocenters. The second kappa shape index (κ2) is 7.31. The molecule has 1 N–H and O–H groups in total. The molecule has 1 aliphatic heterocycles. The smallest absolute Gasteiger partial charge is 0.241 e. The van der Waals surface area contributed by atoms with Crippen molar-refractivity contribution >= 4 is 15.9 Å². The molecule has 0 radical (unpaired) electrons. The Kier molecular flexibility index (Phi) is 5.64. The summed E-state index contributed by atoms with van der Waals surface area (Å²) in [6, 6.07) is 6.17. The van der Waals surface area contributed by atoms with E-state index in [0.717, 1.165) is 6.42 Å². The van der Waals surface area contributed by atoms with Gasteiger partial charge in [0.15, 0.2) is 0 Å². The van der Waals surface area contributed by atoms with E-state index < -0.39 is 10.0 Å². The van der Waals surface area contributed by atoms with Crippen molar-refractivity contribution in [3.8, 4) is 5.75 Å². The van der Waals surface area contributed by atoms with Crippen LogP contribution in [0.4, 0.5) is 0 Å². The number of nitrogens with zero attached hydrogens (tertiary/aromatic N) is 1. The van der Waals surface area contributed by atoms with Crippen LogP contribution in [0, 0.1) is 11.8 Å². The molecule has 2 rings (SSSR count). The topological polar surface area (TPSA) is 75.7 Å². The molecule has 0 saturated carbocycles. The van der Waals surface area contributed by atoms with Crippen LogP contribution < -0.4 is 9.46 Å². The van der Waals surface area contributed by atoms with Crippen molar-refractivity contribution in [2.45, 2.75) is 25.2 Å². The molecule has 1 aromatic carbocycles. The van der Waals surface area contributed by atoms with Crippen LogP contribution in [-0.4, -0.2) is 46.0 Å². The first kappa shape index (κ1) is 17.7. The normalized spacial score (nSPS) is 22.0. The summed E-state index contributed by atoms with van der Waals surface area (Å²) in [6.45, 7) is 5.36.